The van der Waals surface area contributed by atoms with E-state index in [1.54, 1.807) is 12.1 Å². The SMILES string of the molecule is CC[C@@H](C)NC(=O)COc1ccc(-c2ccc(C#N)cc2)cc1. The highest BCUT2D eigenvalue weighted by atomic mass is 16.5. The molecule has 0 heterocycles. The Hall–Kier alpha value is -2.80. The molecule has 0 aliphatic heterocycles. The Bertz CT molecular complexity index is 685. The summed E-state index contributed by atoms with van der Waals surface area (Å²) in [5, 5.41) is 11.7. The van der Waals surface area contributed by atoms with Gasteiger partial charge in [-0.3, -0.25) is 4.79 Å². The van der Waals surface area contributed by atoms with Gasteiger partial charge in [0.05, 0.1) is 11.6 Å². The average molecular weight is 308 g/mol. The van der Waals surface area contributed by atoms with Crippen LogP contribution in [0.3, 0.4) is 0 Å². The number of carbonyl (C=O) groups is 1. The maximum atomic E-state index is 11.7. The lowest BCUT2D eigenvalue weighted by Crippen LogP contribution is -2.35. The molecule has 0 aromatic heterocycles. The molecule has 0 aliphatic carbocycles. The number of ether oxygens (including phenoxy) is 1. The molecule has 0 fully saturated rings. The molecular formula is C19H20N2O2. The van der Waals surface area contributed by atoms with Crippen molar-refractivity contribution in [3.05, 3.63) is 54.1 Å². The number of carbonyl (C=O) groups excluding carboxylic acids is 1. The Kier molecular flexibility index (Phi) is 5.76. The Morgan fingerprint density at radius 3 is 2.22 bits per heavy atom. The van der Waals surface area contributed by atoms with Crippen LogP contribution in [-0.2, 0) is 4.79 Å². The van der Waals surface area contributed by atoms with Gasteiger partial charge in [0.1, 0.15) is 5.75 Å². The zero-order chi connectivity index (χ0) is 16.7. The van der Waals surface area contributed by atoms with E-state index in [-0.39, 0.29) is 18.6 Å². The molecule has 2 aromatic rings. The molecule has 2 aromatic carbocycles. The monoisotopic (exact) mass is 308 g/mol. The van der Waals surface area contributed by atoms with Crippen molar-refractivity contribution in [2.75, 3.05) is 6.61 Å². The largest absolute Gasteiger partial charge is 0.484 e. The standard InChI is InChI=1S/C19H20N2O2/c1-3-14(2)21-19(22)13-23-18-10-8-17(9-11-18)16-6-4-15(12-20)5-7-16/h4-11,14H,3,13H2,1-2H3,(H,21,22)/t14-/m1/s1. The van der Waals surface area contributed by atoms with Crippen LogP contribution in [0.2, 0.25) is 0 Å². The summed E-state index contributed by atoms with van der Waals surface area (Å²) >= 11 is 0. The van der Waals surface area contributed by atoms with Gasteiger partial charge in [-0.25, -0.2) is 0 Å². The second-order valence-electron chi connectivity index (χ2n) is 5.38. The Morgan fingerprint density at radius 2 is 1.70 bits per heavy atom. The van der Waals surface area contributed by atoms with Crippen molar-refractivity contribution in [1.82, 2.24) is 5.32 Å². The summed E-state index contributed by atoms with van der Waals surface area (Å²) in [4.78, 5) is 11.7. The van der Waals surface area contributed by atoms with Crippen molar-refractivity contribution in [1.29, 1.82) is 5.26 Å². The van der Waals surface area contributed by atoms with E-state index < -0.39 is 0 Å². The van der Waals surface area contributed by atoms with E-state index in [4.69, 9.17) is 10.00 Å². The molecule has 4 heteroatoms. The molecule has 0 unspecified atom stereocenters. The summed E-state index contributed by atoms with van der Waals surface area (Å²) < 4.78 is 5.49. The molecule has 0 aliphatic rings. The van der Waals surface area contributed by atoms with Gasteiger partial charge in [0.2, 0.25) is 0 Å². The van der Waals surface area contributed by atoms with E-state index in [1.807, 2.05) is 50.2 Å². The van der Waals surface area contributed by atoms with Crippen LogP contribution in [0, 0.1) is 11.3 Å². The van der Waals surface area contributed by atoms with E-state index in [0.29, 0.717) is 11.3 Å². The third-order valence-corrected chi connectivity index (χ3v) is 3.59. The van der Waals surface area contributed by atoms with Crippen molar-refractivity contribution in [2.45, 2.75) is 26.3 Å². The molecular weight excluding hydrogens is 288 g/mol. The number of nitrogens with one attached hydrogen (secondary N) is 1. The van der Waals surface area contributed by atoms with Gasteiger partial charge < -0.3 is 10.1 Å². The highest BCUT2D eigenvalue weighted by Gasteiger charge is 2.06. The highest BCUT2D eigenvalue weighted by molar-refractivity contribution is 5.77. The zero-order valence-electron chi connectivity index (χ0n) is 13.4. The first kappa shape index (κ1) is 16.6. The number of nitriles is 1. The predicted octanol–water partition coefficient (Wildman–Crippen LogP) is 3.52. The van der Waals surface area contributed by atoms with Crippen LogP contribution in [0.25, 0.3) is 11.1 Å². The lowest BCUT2D eigenvalue weighted by molar-refractivity contribution is -0.123. The van der Waals surface area contributed by atoms with Crippen molar-refractivity contribution in [2.24, 2.45) is 0 Å². The minimum absolute atomic E-state index is 0.0144. The fourth-order valence-corrected chi connectivity index (χ4v) is 2.05. The van der Waals surface area contributed by atoms with Crippen LogP contribution >= 0.6 is 0 Å². The minimum atomic E-state index is -0.115. The number of hydrogen-bond donors (Lipinski definition) is 1. The first-order valence-corrected chi connectivity index (χ1v) is 7.65. The molecule has 1 amide bonds. The van der Waals surface area contributed by atoms with Crippen molar-refractivity contribution >= 4 is 5.91 Å². The van der Waals surface area contributed by atoms with Gasteiger partial charge in [-0.05, 0) is 48.7 Å². The number of rotatable bonds is 6. The highest BCUT2D eigenvalue weighted by Crippen LogP contribution is 2.22. The minimum Gasteiger partial charge on any atom is -0.484 e. The summed E-state index contributed by atoms with van der Waals surface area (Å²) in [6, 6.07) is 17.2. The number of amides is 1. The molecule has 4 nitrogen and oxygen atoms in total. The molecule has 0 saturated heterocycles. The molecule has 118 valence electrons. The summed E-state index contributed by atoms with van der Waals surface area (Å²) in [6.07, 6.45) is 0.894. The Labute approximate surface area is 136 Å². The topological polar surface area (TPSA) is 62.1 Å². The van der Waals surface area contributed by atoms with Crippen molar-refractivity contribution in [3.63, 3.8) is 0 Å². The molecule has 0 saturated carbocycles. The van der Waals surface area contributed by atoms with Gasteiger partial charge in [-0.15, -0.1) is 0 Å². The smallest absolute Gasteiger partial charge is 0.258 e. The van der Waals surface area contributed by atoms with Crippen LogP contribution in [0.4, 0.5) is 0 Å². The van der Waals surface area contributed by atoms with Gasteiger partial charge in [0.25, 0.3) is 5.91 Å². The Balaban J connectivity index is 1.94. The third-order valence-electron chi connectivity index (χ3n) is 3.59. The lowest BCUT2D eigenvalue weighted by Gasteiger charge is -2.12. The van der Waals surface area contributed by atoms with Crippen LogP contribution in [-0.4, -0.2) is 18.6 Å². The first-order valence-electron chi connectivity index (χ1n) is 7.65. The maximum absolute atomic E-state index is 11.7. The quantitative estimate of drug-likeness (QED) is 0.888. The summed E-state index contributed by atoms with van der Waals surface area (Å²) in [5.74, 6) is 0.539. The summed E-state index contributed by atoms with van der Waals surface area (Å²) in [6.45, 7) is 4.00. The predicted molar refractivity (Wildman–Crippen MR) is 90.0 cm³/mol. The fourth-order valence-electron chi connectivity index (χ4n) is 2.05. The summed E-state index contributed by atoms with van der Waals surface area (Å²) in [7, 11) is 0. The van der Waals surface area contributed by atoms with Gasteiger partial charge in [-0.1, -0.05) is 31.2 Å². The van der Waals surface area contributed by atoms with E-state index in [0.717, 1.165) is 17.5 Å². The second kappa shape index (κ2) is 8.00. The molecule has 1 atom stereocenters. The number of nitrogens with zero attached hydrogens (tertiary/aromatic N) is 1. The fraction of sp³-hybridized carbons (Fsp3) is 0.263. The molecule has 0 bridgehead atoms. The summed E-state index contributed by atoms with van der Waals surface area (Å²) in [5.41, 5.74) is 2.71. The average Bonchev–Trinajstić information content (AvgIpc) is 2.60. The van der Waals surface area contributed by atoms with Crippen LogP contribution in [0.5, 0.6) is 5.75 Å². The number of hydrogen-bond acceptors (Lipinski definition) is 3. The van der Waals surface area contributed by atoms with E-state index in [1.165, 1.54) is 0 Å². The molecule has 1 N–H and O–H groups in total. The van der Waals surface area contributed by atoms with Gasteiger partial charge in [0.15, 0.2) is 6.61 Å². The van der Waals surface area contributed by atoms with Crippen LogP contribution in [0.1, 0.15) is 25.8 Å². The van der Waals surface area contributed by atoms with Gasteiger partial charge in [-0.2, -0.15) is 5.26 Å². The van der Waals surface area contributed by atoms with E-state index >= 15 is 0 Å². The van der Waals surface area contributed by atoms with Gasteiger partial charge in [0, 0.05) is 6.04 Å². The lowest BCUT2D eigenvalue weighted by atomic mass is 10.0. The first-order chi connectivity index (χ1) is 11.1. The van der Waals surface area contributed by atoms with Crippen LogP contribution in [0.15, 0.2) is 48.5 Å². The third kappa shape index (κ3) is 4.86. The van der Waals surface area contributed by atoms with E-state index in [9.17, 15) is 4.79 Å². The normalized spacial score (nSPS) is 11.3. The molecule has 0 spiro atoms. The van der Waals surface area contributed by atoms with Crippen molar-refractivity contribution in [3.8, 4) is 22.9 Å². The van der Waals surface area contributed by atoms with Crippen LogP contribution < -0.4 is 10.1 Å². The van der Waals surface area contributed by atoms with E-state index in [2.05, 4.69) is 11.4 Å². The van der Waals surface area contributed by atoms with Crippen molar-refractivity contribution < 1.29 is 9.53 Å². The maximum Gasteiger partial charge on any atom is 0.258 e. The molecule has 2 rings (SSSR count). The number of benzene rings is 2. The Morgan fingerprint density at radius 1 is 1.13 bits per heavy atom. The molecule has 23 heavy (non-hydrogen) atoms. The zero-order valence-corrected chi connectivity index (χ0v) is 13.4. The van der Waals surface area contributed by atoms with Gasteiger partial charge >= 0.3 is 0 Å². The second-order valence-corrected chi connectivity index (χ2v) is 5.38. The molecule has 0 radical (unpaired) electrons.